The van der Waals surface area contributed by atoms with E-state index in [4.69, 9.17) is 0 Å². The van der Waals surface area contributed by atoms with Crippen LogP contribution < -0.4 is 5.46 Å². The minimum Gasteiger partial charge on any atom is -0.423 e. The van der Waals surface area contributed by atoms with Crippen LogP contribution in [0, 0.1) is 0 Å². The molecular formula is C12H18BNO2S. The molecule has 0 radical (unpaired) electrons. The molecule has 0 saturated carbocycles. The molecule has 1 saturated heterocycles. The van der Waals surface area contributed by atoms with E-state index >= 15 is 0 Å². The van der Waals surface area contributed by atoms with Gasteiger partial charge in [0.15, 0.2) is 0 Å². The topological polar surface area (TPSA) is 43.7 Å². The van der Waals surface area contributed by atoms with Gasteiger partial charge < -0.3 is 10.0 Å². The fraction of sp³-hybridized carbons (Fsp3) is 0.500. The number of thioether (sulfide) groups is 1. The van der Waals surface area contributed by atoms with Gasteiger partial charge in [-0.15, -0.1) is 0 Å². The van der Waals surface area contributed by atoms with E-state index in [1.165, 1.54) is 0 Å². The van der Waals surface area contributed by atoms with Gasteiger partial charge in [0, 0.05) is 30.6 Å². The molecule has 1 fully saturated rings. The highest BCUT2D eigenvalue weighted by Gasteiger charge is 2.21. The second-order valence-electron chi connectivity index (χ2n) is 4.47. The van der Waals surface area contributed by atoms with Crippen LogP contribution in [0.4, 0.5) is 0 Å². The van der Waals surface area contributed by atoms with E-state index in [9.17, 15) is 10.0 Å². The van der Waals surface area contributed by atoms with Crippen molar-refractivity contribution in [2.45, 2.75) is 19.5 Å². The number of benzene rings is 1. The first-order valence-electron chi connectivity index (χ1n) is 5.94. The van der Waals surface area contributed by atoms with E-state index in [1.54, 1.807) is 6.07 Å². The zero-order chi connectivity index (χ0) is 12.3. The van der Waals surface area contributed by atoms with Gasteiger partial charge in [-0.25, -0.2) is 0 Å². The predicted molar refractivity (Wildman–Crippen MR) is 73.5 cm³/mol. The summed E-state index contributed by atoms with van der Waals surface area (Å²) in [4.78, 5) is 2.40. The molecule has 0 aromatic heterocycles. The predicted octanol–water partition coefficient (Wildman–Crippen LogP) is 0.304. The minimum atomic E-state index is -1.37. The molecule has 1 aromatic rings. The number of hydrogen-bond donors (Lipinski definition) is 2. The van der Waals surface area contributed by atoms with Crippen LogP contribution in [0.1, 0.15) is 12.5 Å². The molecule has 1 unspecified atom stereocenters. The lowest BCUT2D eigenvalue weighted by Gasteiger charge is -2.33. The molecule has 0 aliphatic carbocycles. The fourth-order valence-corrected chi connectivity index (χ4v) is 3.23. The Morgan fingerprint density at radius 2 is 2.18 bits per heavy atom. The third kappa shape index (κ3) is 3.25. The summed E-state index contributed by atoms with van der Waals surface area (Å²) in [6, 6.07) is 8.10. The first kappa shape index (κ1) is 13.0. The first-order valence-corrected chi connectivity index (χ1v) is 7.09. The Morgan fingerprint density at radius 1 is 1.41 bits per heavy atom. The maximum absolute atomic E-state index is 9.33. The van der Waals surface area contributed by atoms with Crippen LogP contribution in [0.5, 0.6) is 0 Å². The Morgan fingerprint density at radius 3 is 2.88 bits per heavy atom. The van der Waals surface area contributed by atoms with Crippen molar-refractivity contribution >= 4 is 24.3 Å². The highest BCUT2D eigenvalue weighted by molar-refractivity contribution is 7.99. The molecule has 1 aliphatic heterocycles. The lowest BCUT2D eigenvalue weighted by Crippen LogP contribution is -2.42. The van der Waals surface area contributed by atoms with Crippen LogP contribution >= 0.6 is 11.8 Å². The van der Waals surface area contributed by atoms with Crippen molar-refractivity contribution in [3.05, 3.63) is 29.8 Å². The van der Waals surface area contributed by atoms with Crippen molar-refractivity contribution < 1.29 is 10.0 Å². The summed E-state index contributed by atoms with van der Waals surface area (Å²) in [5, 5.41) is 18.7. The van der Waals surface area contributed by atoms with E-state index in [1.807, 2.05) is 30.0 Å². The highest BCUT2D eigenvalue weighted by atomic mass is 32.2. The minimum absolute atomic E-state index is 0.553. The SMILES string of the molecule is CC1CSCCN1Cc1ccccc1B(O)O. The van der Waals surface area contributed by atoms with Crippen LogP contribution in [0.2, 0.25) is 0 Å². The van der Waals surface area contributed by atoms with Gasteiger partial charge in [-0.3, -0.25) is 4.90 Å². The van der Waals surface area contributed by atoms with Crippen LogP contribution in [0.3, 0.4) is 0 Å². The van der Waals surface area contributed by atoms with Gasteiger partial charge in [0.25, 0.3) is 0 Å². The van der Waals surface area contributed by atoms with Crippen molar-refractivity contribution in [1.29, 1.82) is 0 Å². The van der Waals surface area contributed by atoms with Crippen LogP contribution in [-0.4, -0.2) is 46.2 Å². The summed E-state index contributed by atoms with van der Waals surface area (Å²) in [5.41, 5.74) is 1.64. The zero-order valence-corrected chi connectivity index (χ0v) is 10.9. The van der Waals surface area contributed by atoms with Gasteiger partial charge in [0.05, 0.1) is 0 Å². The zero-order valence-electron chi connectivity index (χ0n) is 10.0. The summed E-state index contributed by atoms with van der Waals surface area (Å²) < 4.78 is 0. The molecule has 1 heterocycles. The lowest BCUT2D eigenvalue weighted by molar-refractivity contribution is 0.224. The molecule has 2 N–H and O–H groups in total. The van der Waals surface area contributed by atoms with Crippen molar-refractivity contribution in [1.82, 2.24) is 4.90 Å². The second kappa shape index (κ2) is 5.91. The van der Waals surface area contributed by atoms with E-state index in [0.29, 0.717) is 11.5 Å². The Bertz CT molecular complexity index is 375. The fourth-order valence-electron chi connectivity index (χ4n) is 2.15. The Balaban J connectivity index is 2.12. The van der Waals surface area contributed by atoms with Gasteiger partial charge in [0.2, 0.25) is 0 Å². The van der Waals surface area contributed by atoms with Gasteiger partial charge >= 0.3 is 7.12 Å². The molecule has 3 nitrogen and oxygen atoms in total. The molecule has 1 aliphatic rings. The largest absolute Gasteiger partial charge is 0.488 e. The molecule has 0 bridgehead atoms. The van der Waals surface area contributed by atoms with E-state index in [0.717, 1.165) is 30.2 Å². The highest BCUT2D eigenvalue weighted by Crippen LogP contribution is 2.18. The van der Waals surface area contributed by atoms with Crippen LogP contribution in [-0.2, 0) is 6.54 Å². The Kier molecular flexibility index (Phi) is 4.51. The summed E-state index contributed by atoms with van der Waals surface area (Å²) >= 11 is 1.99. The molecule has 1 atom stereocenters. The summed E-state index contributed by atoms with van der Waals surface area (Å²) in [6.45, 7) is 4.10. The lowest BCUT2D eigenvalue weighted by atomic mass is 9.77. The first-order chi connectivity index (χ1) is 8.18. The van der Waals surface area contributed by atoms with Gasteiger partial charge in [-0.2, -0.15) is 11.8 Å². The van der Waals surface area contributed by atoms with Crippen LogP contribution in [0.25, 0.3) is 0 Å². The molecule has 2 rings (SSSR count). The van der Waals surface area contributed by atoms with Crippen LogP contribution in [0.15, 0.2) is 24.3 Å². The van der Waals surface area contributed by atoms with Crippen molar-refractivity contribution in [3.8, 4) is 0 Å². The van der Waals surface area contributed by atoms with E-state index in [2.05, 4.69) is 11.8 Å². The van der Waals surface area contributed by atoms with Crippen molar-refractivity contribution in [2.75, 3.05) is 18.1 Å². The van der Waals surface area contributed by atoms with Crippen molar-refractivity contribution in [3.63, 3.8) is 0 Å². The van der Waals surface area contributed by atoms with Crippen molar-refractivity contribution in [2.24, 2.45) is 0 Å². The summed E-state index contributed by atoms with van der Waals surface area (Å²) in [6.07, 6.45) is 0. The van der Waals surface area contributed by atoms with E-state index in [-0.39, 0.29) is 0 Å². The molecule has 92 valence electrons. The standard InChI is InChI=1S/C12H18BNO2S/c1-10-9-17-7-6-14(10)8-11-4-2-3-5-12(11)13(15)16/h2-5,10,15-16H,6-9H2,1H3. The molecule has 0 spiro atoms. The number of rotatable bonds is 3. The average Bonchev–Trinajstić information content (AvgIpc) is 2.32. The monoisotopic (exact) mass is 251 g/mol. The third-order valence-electron chi connectivity index (χ3n) is 3.21. The Labute approximate surface area is 107 Å². The van der Waals surface area contributed by atoms with Gasteiger partial charge in [-0.05, 0) is 17.9 Å². The average molecular weight is 251 g/mol. The quantitative estimate of drug-likeness (QED) is 0.758. The second-order valence-corrected chi connectivity index (χ2v) is 5.62. The maximum atomic E-state index is 9.33. The summed E-state index contributed by atoms with van der Waals surface area (Å²) in [7, 11) is -1.37. The smallest absolute Gasteiger partial charge is 0.423 e. The molecule has 0 amide bonds. The number of hydrogen-bond acceptors (Lipinski definition) is 4. The normalized spacial score (nSPS) is 21.5. The third-order valence-corrected chi connectivity index (χ3v) is 4.40. The van der Waals surface area contributed by atoms with E-state index < -0.39 is 7.12 Å². The molecule has 17 heavy (non-hydrogen) atoms. The summed E-state index contributed by atoms with van der Waals surface area (Å²) in [5.74, 6) is 2.32. The number of nitrogens with zero attached hydrogens (tertiary/aromatic N) is 1. The van der Waals surface area contributed by atoms with Gasteiger partial charge in [-0.1, -0.05) is 24.3 Å². The molecule has 1 aromatic carbocycles. The molecule has 5 heteroatoms. The Hall–Kier alpha value is -0.485. The maximum Gasteiger partial charge on any atom is 0.488 e. The molecular weight excluding hydrogens is 233 g/mol. The van der Waals surface area contributed by atoms with Gasteiger partial charge in [0.1, 0.15) is 0 Å².